The lowest BCUT2D eigenvalue weighted by atomic mass is 9.97. The molecule has 0 aliphatic carbocycles. The number of carbonyl (C=O) groups excluding carboxylic acids is 1. The predicted molar refractivity (Wildman–Crippen MR) is 181 cm³/mol. The maximum absolute atomic E-state index is 13.9. The van der Waals surface area contributed by atoms with Gasteiger partial charge in [0.2, 0.25) is 28.5 Å². The van der Waals surface area contributed by atoms with Crippen LogP contribution < -0.4 is 19.5 Å². The van der Waals surface area contributed by atoms with Gasteiger partial charge in [-0.15, -0.1) is 0 Å². The predicted octanol–water partition coefficient (Wildman–Crippen LogP) is 3.78. The molecule has 3 aromatic rings. The van der Waals surface area contributed by atoms with Crippen LogP contribution in [0, 0.1) is 11.8 Å². The van der Waals surface area contributed by atoms with E-state index >= 15 is 0 Å². The zero-order valence-electron chi connectivity index (χ0n) is 29.4. The number of ether oxygens (including phenoxy) is 6. The second-order valence-electron chi connectivity index (χ2n) is 14.4. The molecule has 4 heterocycles. The molecule has 2 aromatic carbocycles. The molecule has 0 spiro atoms. The number of rotatable bonds is 14. The maximum Gasteiger partial charge on any atom is 0.407 e. The van der Waals surface area contributed by atoms with Gasteiger partial charge in [-0.05, 0) is 48.6 Å². The fraction of sp³-hybridized carbons (Fsp3) is 0.571. The van der Waals surface area contributed by atoms with Crippen LogP contribution >= 0.6 is 0 Å². The van der Waals surface area contributed by atoms with Crippen molar-refractivity contribution < 1.29 is 51.3 Å². The molecule has 3 aliphatic heterocycles. The topological polar surface area (TPSA) is 181 Å². The summed E-state index contributed by atoms with van der Waals surface area (Å²) in [6.45, 7) is 10.4. The maximum atomic E-state index is 13.9. The van der Waals surface area contributed by atoms with E-state index < -0.39 is 40.7 Å². The van der Waals surface area contributed by atoms with Crippen LogP contribution in [0.5, 0.6) is 17.2 Å². The van der Waals surface area contributed by atoms with E-state index in [2.05, 4.69) is 15.5 Å². The normalized spacial score (nSPS) is 21.1. The molecule has 1 amide bonds. The zero-order valence-corrected chi connectivity index (χ0v) is 30.3. The first-order valence-corrected chi connectivity index (χ1v) is 18.5. The smallest absolute Gasteiger partial charge is 0.407 e. The van der Waals surface area contributed by atoms with Gasteiger partial charge in [-0.25, -0.2) is 13.2 Å². The minimum absolute atomic E-state index is 0.00229. The van der Waals surface area contributed by atoms with Crippen molar-refractivity contribution in [2.45, 2.75) is 88.9 Å². The molecule has 16 heteroatoms. The number of fused-ring (bicyclic) bond motifs is 2. The van der Waals surface area contributed by atoms with Crippen molar-refractivity contribution in [3.8, 4) is 17.2 Å². The summed E-state index contributed by atoms with van der Waals surface area (Å²) in [6.07, 6.45) is -2.12. The highest BCUT2D eigenvalue weighted by molar-refractivity contribution is 7.89. The molecule has 3 aliphatic rings. The van der Waals surface area contributed by atoms with Crippen molar-refractivity contribution in [2.24, 2.45) is 11.8 Å². The van der Waals surface area contributed by atoms with Gasteiger partial charge < -0.3 is 43.4 Å². The molecular formula is C35H46N4O11S. The summed E-state index contributed by atoms with van der Waals surface area (Å²) in [5, 5.41) is 18.5. The van der Waals surface area contributed by atoms with Gasteiger partial charge in [0.25, 0.3) is 0 Å². The number of alkyl carbamates (subject to hydrolysis) is 1. The van der Waals surface area contributed by atoms with Crippen LogP contribution in [0.1, 0.15) is 58.3 Å². The molecule has 0 radical (unpaired) electrons. The number of aliphatic hydroxyl groups excluding tert-OH is 1. The number of benzene rings is 2. The van der Waals surface area contributed by atoms with Crippen LogP contribution in [0.4, 0.5) is 4.79 Å². The van der Waals surface area contributed by atoms with E-state index in [-0.39, 0.29) is 61.7 Å². The Hall–Kier alpha value is -3.96. The van der Waals surface area contributed by atoms with Crippen LogP contribution in [-0.4, -0.2) is 91.7 Å². The Labute approximate surface area is 297 Å². The highest BCUT2D eigenvalue weighted by Gasteiger charge is 2.44. The van der Waals surface area contributed by atoms with Gasteiger partial charge in [0.05, 0.1) is 36.2 Å². The van der Waals surface area contributed by atoms with E-state index in [1.54, 1.807) is 30.3 Å². The van der Waals surface area contributed by atoms with Gasteiger partial charge in [0.15, 0.2) is 24.4 Å². The monoisotopic (exact) mass is 730 g/mol. The molecule has 1 aromatic heterocycles. The quantitative estimate of drug-likeness (QED) is 0.245. The number of nitrogens with zero attached hydrogens (tertiary/aromatic N) is 3. The van der Waals surface area contributed by atoms with E-state index in [4.69, 9.17) is 32.9 Å². The Bertz CT molecular complexity index is 1760. The number of hydrogen-bond acceptors (Lipinski definition) is 13. The van der Waals surface area contributed by atoms with E-state index in [1.165, 1.54) is 16.4 Å². The number of aliphatic hydroxyl groups is 1. The summed E-state index contributed by atoms with van der Waals surface area (Å²) >= 11 is 0. The molecule has 15 nitrogen and oxygen atoms in total. The van der Waals surface area contributed by atoms with E-state index in [9.17, 15) is 18.3 Å². The van der Waals surface area contributed by atoms with E-state index in [0.717, 1.165) is 5.56 Å². The van der Waals surface area contributed by atoms with Crippen LogP contribution in [0.2, 0.25) is 0 Å². The van der Waals surface area contributed by atoms with Gasteiger partial charge in [-0.2, -0.15) is 9.29 Å². The number of hydrogen-bond donors (Lipinski definition) is 2. The molecular weight excluding hydrogens is 684 g/mol. The Morgan fingerprint density at radius 1 is 1.08 bits per heavy atom. The molecule has 0 unspecified atom stereocenters. The van der Waals surface area contributed by atoms with Crippen molar-refractivity contribution in [3.63, 3.8) is 0 Å². The van der Waals surface area contributed by atoms with Crippen LogP contribution in [0.3, 0.4) is 0 Å². The number of nitrogens with one attached hydrogen (secondary N) is 1. The van der Waals surface area contributed by atoms with Gasteiger partial charge in [-0.3, -0.25) is 0 Å². The Balaban J connectivity index is 1.17. The van der Waals surface area contributed by atoms with Crippen molar-refractivity contribution in [2.75, 3.05) is 33.1 Å². The molecule has 51 heavy (non-hydrogen) atoms. The van der Waals surface area contributed by atoms with Crippen molar-refractivity contribution in [1.82, 2.24) is 19.8 Å². The number of amides is 1. The fourth-order valence-electron chi connectivity index (χ4n) is 6.09. The minimum Gasteiger partial charge on any atom is -0.485 e. The number of aromatic nitrogens is 2. The summed E-state index contributed by atoms with van der Waals surface area (Å²) in [5.41, 5.74) is 0.470. The lowest BCUT2D eigenvalue weighted by Gasteiger charge is -2.31. The molecule has 6 rings (SSSR count). The average molecular weight is 731 g/mol. The Kier molecular flexibility index (Phi) is 11.1. The van der Waals surface area contributed by atoms with Crippen molar-refractivity contribution >= 4 is 16.1 Å². The highest BCUT2D eigenvalue weighted by atomic mass is 32.2. The molecule has 2 saturated heterocycles. The lowest BCUT2D eigenvalue weighted by Crippen LogP contribution is -2.51. The fourth-order valence-corrected chi connectivity index (χ4v) is 7.73. The zero-order chi connectivity index (χ0) is 36.3. The second kappa shape index (κ2) is 15.3. The second-order valence-corrected chi connectivity index (χ2v) is 16.4. The standard InChI is InChI=1S/C35H46N4O11S/c1-21(2)16-39(51(42,43)24-10-11-28-29(15-24)48-20-47-28)17-27(40)26(36-34(41)49-30-18-46-32-25(30)12-13-44-32)14-22-6-8-23(9-7-22)45-19-31-37-33(50-38-31)35(3,4)5/h6-11,15,21,25-27,30,32,40H,12-14,16-20H2,1-5H3,(H,36,41)/t25-,26-,27+,30-,32+/m0/s1. The summed E-state index contributed by atoms with van der Waals surface area (Å²) < 4.78 is 68.0. The van der Waals surface area contributed by atoms with Crippen molar-refractivity contribution in [1.29, 1.82) is 0 Å². The van der Waals surface area contributed by atoms with Crippen molar-refractivity contribution in [3.05, 3.63) is 59.7 Å². The third-order valence-electron chi connectivity index (χ3n) is 8.81. The molecule has 0 bridgehead atoms. The largest absolute Gasteiger partial charge is 0.485 e. The Morgan fingerprint density at radius 3 is 2.57 bits per heavy atom. The number of carbonyl (C=O) groups is 1. The summed E-state index contributed by atoms with van der Waals surface area (Å²) in [5.74, 6) is 2.12. The summed E-state index contributed by atoms with van der Waals surface area (Å²) in [4.78, 5) is 17.7. The van der Waals surface area contributed by atoms with Crippen LogP contribution in [-0.2, 0) is 42.7 Å². The van der Waals surface area contributed by atoms with Crippen LogP contribution in [0.25, 0.3) is 0 Å². The average Bonchev–Trinajstić information content (AvgIpc) is 3.89. The summed E-state index contributed by atoms with van der Waals surface area (Å²) in [7, 11) is -4.09. The molecule has 278 valence electrons. The van der Waals surface area contributed by atoms with Gasteiger partial charge >= 0.3 is 6.09 Å². The van der Waals surface area contributed by atoms with Crippen LogP contribution in [0.15, 0.2) is 51.9 Å². The first-order valence-electron chi connectivity index (χ1n) is 17.1. The molecule has 0 saturated carbocycles. The highest BCUT2D eigenvalue weighted by Crippen LogP contribution is 2.35. The first kappa shape index (κ1) is 36.8. The van der Waals surface area contributed by atoms with E-state index in [1.807, 2.05) is 34.6 Å². The molecule has 5 atom stereocenters. The van der Waals surface area contributed by atoms with Gasteiger partial charge in [0.1, 0.15) is 11.9 Å². The summed E-state index contributed by atoms with van der Waals surface area (Å²) in [6, 6.07) is 10.6. The first-order chi connectivity index (χ1) is 24.3. The molecule has 2 fully saturated rings. The third kappa shape index (κ3) is 8.92. The third-order valence-corrected chi connectivity index (χ3v) is 10.6. The minimum atomic E-state index is -4.09. The van der Waals surface area contributed by atoms with Gasteiger partial charge in [0, 0.05) is 24.6 Å². The lowest BCUT2D eigenvalue weighted by molar-refractivity contribution is -0.0907. The molecule has 2 N–H and O–H groups in total. The van der Waals surface area contributed by atoms with E-state index in [0.29, 0.717) is 42.0 Å². The number of sulfonamides is 1. The Morgan fingerprint density at radius 2 is 1.84 bits per heavy atom. The van der Waals surface area contributed by atoms with Gasteiger partial charge in [-0.1, -0.05) is 51.9 Å². The SMILES string of the molecule is CC(C)CN(C[C@@H](O)[C@H](Cc1ccc(OCc2noc(C(C)(C)C)n2)cc1)NC(=O)O[C@H]1CO[C@H]2OCC[C@H]21)S(=O)(=O)c1ccc2c(c1)OCO2.